The summed E-state index contributed by atoms with van der Waals surface area (Å²) in [7, 11) is 0. The number of alkyl halides is 3. The van der Waals surface area contributed by atoms with Crippen LogP contribution in [0, 0.1) is 13.8 Å². The van der Waals surface area contributed by atoms with Gasteiger partial charge in [-0.25, -0.2) is 0 Å². The van der Waals surface area contributed by atoms with Crippen LogP contribution in [0.25, 0.3) is 22.4 Å². The first-order chi connectivity index (χ1) is 12.2. The standard InChI is InChI=1S/C19H14BrF3N2O/c1-10-16(18(26)17(20)11(2)25-10)13-6-7-15(24-9-13)12-4-3-5-14(8-12)19(21,22)23/h3-9H,1-2H3,(H,25,26). The number of hydrogen-bond donors (Lipinski definition) is 1. The maximum atomic E-state index is 12.9. The van der Waals surface area contributed by atoms with E-state index in [2.05, 4.69) is 25.9 Å². The quantitative estimate of drug-likeness (QED) is 0.592. The minimum atomic E-state index is -4.41. The molecule has 0 aliphatic carbocycles. The van der Waals surface area contributed by atoms with Crippen molar-refractivity contribution in [2.75, 3.05) is 0 Å². The third-order valence-electron chi connectivity index (χ3n) is 4.04. The van der Waals surface area contributed by atoms with Crippen LogP contribution < -0.4 is 5.43 Å². The molecule has 0 aliphatic heterocycles. The zero-order valence-corrected chi connectivity index (χ0v) is 15.5. The van der Waals surface area contributed by atoms with Gasteiger partial charge in [-0.1, -0.05) is 18.2 Å². The Balaban J connectivity index is 2.04. The van der Waals surface area contributed by atoms with Crippen LogP contribution in [0.5, 0.6) is 0 Å². The van der Waals surface area contributed by atoms with Gasteiger partial charge in [0.25, 0.3) is 0 Å². The minimum absolute atomic E-state index is 0.160. The van der Waals surface area contributed by atoms with Gasteiger partial charge in [0.05, 0.1) is 21.3 Å². The van der Waals surface area contributed by atoms with Gasteiger partial charge in [-0.15, -0.1) is 0 Å². The maximum absolute atomic E-state index is 12.9. The Morgan fingerprint density at radius 3 is 2.38 bits per heavy atom. The summed E-state index contributed by atoms with van der Waals surface area (Å²) in [5.74, 6) is 0. The van der Waals surface area contributed by atoms with Crippen LogP contribution in [0.2, 0.25) is 0 Å². The van der Waals surface area contributed by atoms with Crippen molar-refractivity contribution in [3.05, 3.63) is 74.2 Å². The molecule has 0 amide bonds. The van der Waals surface area contributed by atoms with E-state index in [0.29, 0.717) is 32.6 Å². The summed E-state index contributed by atoms with van der Waals surface area (Å²) in [6, 6.07) is 8.28. The molecule has 0 bridgehead atoms. The lowest BCUT2D eigenvalue weighted by molar-refractivity contribution is -0.137. The third-order valence-corrected chi connectivity index (χ3v) is 5.00. The first kappa shape index (κ1) is 18.4. The Hall–Kier alpha value is -2.41. The fourth-order valence-corrected chi connectivity index (χ4v) is 3.06. The van der Waals surface area contributed by atoms with Crippen molar-refractivity contribution < 1.29 is 13.2 Å². The van der Waals surface area contributed by atoms with E-state index in [4.69, 9.17) is 0 Å². The summed E-state index contributed by atoms with van der Waals surface area (Å²) in [5, 5.41) is 0. The number of hydrogen-bond acceptors (Lipinski definition) is 2. The van der Waals surface area contributed by atoms with Gasteiger partial charge in [0.15, 0.2) is 0 Å². The summed E-state index contributed by atoms with van der Waals surface area (Å²) in [4.78, 5) is 19.9. The van der Waals surface area contributed by atoms with Crippen LogP contribution >= 0.6 is 15.9 Å². The van der Waals surface area contributed by atoms with Crippen LogP contribution in [0.3, 0.4) is 0 Å². The van der Waals surface area contributed by atoms with Gasteiger partial charge < -0.3 is 4.98 Å². The van der Waals surface area contributed by atoms with E-state index in [1.165, 1.54) is 12.3 Å². The zero-order chi connectivity index (χ0) is 19.1. The molecule has 3 aromatic rings. The number of H-pyrrole nitrogens is 1. The molecule has 1 aromatic carbocycles. The second-order valence-electron chi connectivity index (χ2n) is 5.90. The molecule has 0 saturated carbocycles. The first-order valence-corrected chi connectivity index (χ1v) is 8.51. The summed E-state index contributed by atoms with van der Waals surface area (Å²) in [5.41, 5.74) is 2.38. The number of aromatic amines is 1. The van der Waals surface area contributed by atoms with E-state index in [9.17, 15) is 18.0 Å². The Morgan fingerprint density at radius 1 is 1.04 bits per heavy atom. The number of benzene rings is 1. The Bertz CT molecular complexity index is 1020. The lowest BCUT2D eigenvalue weighted by Crippen LogP contribution is -2.12. The van der Waals surface area contributed by atoms with E-state index >= 15 is 0 Å². The van der Waals surface area contributed by atoms with E-state index in [-0.39, 0.29) is 5.43 Å². The number of rotatable bonds is 2. The highest BCUT2D eigenvalue weighted by Crippen LogP contribution is 2.32. The number of nitrogens with one attached hydrogen (secondary N) is 1. The molecule has 0 aliphatic rings. The molecule has 134 valence electrons. The lowest BCUT2D eigenvalue weighted by Gasteiger charge is -2.10. The second-order valence-corrected chi connectivity index (χ2v) is 6.70. The van der Waals surface area contributed by atoms with E-state index in [1.54, 1.807) is 32.0 Å². The number of pyridine rings is 2. The second kappa shape index (κ2) is 6.72. The summed E-state index contributed by atoms with van der Waals surface area (Å²) >= 11 is 3.27. The van der Waals surface area contributed by atoms with Gasteiger partial charge in [0, 0.05) is 28.7 Å². The van der Waals surface area contributed by atoms with Crippen molar-refractivity contribution in [3.63, 3.8) is 0 Å². The van der Waals surface area contributed by atoms with Gasteiger partial charge >= 0.3 is 6.18 Å². The molecule has 1 N–H and O–H groups in total. The molecule has 2 heterocycles. The van der Waals surface area contributed by atoms with E-state index < -0.39 is 11.7 Å². The van der Waals surface area contributed by atoms with Crippen LogP contribution in [0.4, 0.5) is 13.2 Å². The van der Waals surface area contributed by atoms with E-state index in [0.717, 1.165) is 17.8 Å². The number of aromatic nitrogens is 2. The van der Waals surface area contributed by atoms with Crippen LogP contribution in [-0.2, 0) is 6.18 Å². The average molecular weight is 423 g/mol. The Labute approximate surface area is 156 Å². The topological polar surface area (TPSA) is 45.8 Å². The number of halogens is 4. The van der Waals surface area contributed by atoms with Crippen LogP contribution in [0.1, 0.15) is 17.0 Å². The van der Waals surface area contributed by atoms with Gasteiger partial charge in [-0.2, -0.15) is 13.2 Å². The van der Waals surface area contributed by atoms with Crippen molar-refractivity contribution in [2.24, 2.45) is 0 Å². The summed E-state index contributed by atoms with van der Waals surface area (Å²) < 4.78 is 39.0. The predicted molar refractivity (Wildman–Crippen MR) is 97.9 cm³/mol. The van der Waals surface area contributed by atoms with Crippen molar-refractivity contribution in [2.45, 2.75) is 20.0 Å². The molecule has 3 rings (SSSR count). The Kier molecular flexibility index (Phi) is 4.75. The monoisotopic (exact) mass is 422 g/mol. The number of aryl methyl sites for hydroxylation is 2. The van der Waals surface area contributed by atoms with Crippen LogP contribution in [0.15, 0.2) is 51.9 Å². The molecule has 0 fully saturated rings. The lowest BCUT2D eigenvalue weighted by atomic mass is 10.0. The summed E-state index contributed by atoms with van der Waals surface area (Å²) in [6.07, 6.45) is -2.91. The molecule has 0 radical (unpaired) electrons. The molecule has 0 spiro atoms. The molecule has 0 saturated heterocycles. The van der Waals surface area contributed by atoms with Crippen molar-refractivity contribution >= 4 is 15.9 Å². The van der Waals surface area contributed by atoms with Crippen molar-refractivity contribution in [1.82, 2.24) is 9.97 Å². The highest BCUT2D eigenvalue weighted by atomic mass is 79.9. The van der Waals surface area contributed by atoms with Gasteiger partial charge in [0.2, 0.25) is 5.43 Å². The fourth-order valence-electron chi connectivity index (χ4n) is 2.76. The molecular formula is C19H14BrF3N2O. The smallest absolute Gasteiger partial charge is 0.361 e. The van der Waals surface area contributed by atoms with Crippen LogP contribution in [-0.4, -0.2) is 9.97 Å². The highest BCUT2D eigenvalue weighted by molar-refractivity contribution is 9.10. The fraction of sp³-hybridized carbons (Fsp3) is 0.158. The largest absolute Gasteiger partial charge is 0.416 e. The molecule has 3 nitrogen and oxygen atoms in total. The third kappa shape index (κ3) is 3.44. The predicted octanol–water partition coefficient (Wildman–Crippen LogP) is 5.50. The maximum Gasteiger partial charge on any atom is 0.416 e. The first-order valence-electron chi connectivity index (χ1n) is 7.71. The molecule has 7 heteroatoms. The van der Waals surface area contributed by atoms with Crippen molar-refractivity contribution in [3.8, 4) is 22.4 Å². The van der Waals surface area contributed by atoms with Gasteiger partial charge in [-0.05, 0) is 48.0 Å². The average Bonchev–Trinajstić information content (AvgIpc) is 2.60. The van der Waals surface area contributed by atoms with E-state index in [1.807, 2.05) is 0 Å². The molecular weight excluding hydrogens is 409 g/mol. The summed E-state index contributed by atoms with van der Waals surface area (Å²) in [6.45, 7) is 3.58. The SMILES string of the molecule is Cc1[nH]c(C)c(-c2ccc(-c3cccc(C(F)(F)F)c3)nc2)c(=O)c1Br. The molecule has 2 aromatic heterocycles. The number of nitrogens with zero attached hydrogens (tertiary/aromatic N) is 1. The van der Waals surface area contributed by atoms with Gasteiger partial charge in [0.1, 0.15) is 0 Å². The van der Waals surface area contributed by atoms with Crippen molar-refractivity contribution in [1.29, 1.82) is 0 Å². The molecule has 0 unspecified atom stereocenters. The molecule has 0 atom stereocenters. The Morgan fingerprint density at radius 2 is 1.77 bits per heavy atom. The normalized spacial score (nSPS) is 11.6. The van der Waals surface area contributed by atoms with Gasteiger partial charge in [-0.3, -0.25) is 9.78 Å². The minimum Gasteiger partial charge on any atom is -0.361 e. The zero-order valence-electron chi connectivity index (χ0n) is 13.9. The highest BCUT2D eigenvalue weighted by Gasteiger charge is 2.30. The molecule has 26 heavy (non-hydrogen) atoms.